The molecule has 1 aliphatic heterocycles. The van der Waals surface area contributed by atoms with Crippen LogP contribution in [0.15, 0.2) is 97.1 Å². The summed E-state index contributed by atoms with van der Waals surface area (Å²) in [7, 11) is 1.83. The maximum Gasteiger partial charge on any atom is 0.253 e. The Morgan fingerprint density at radius 1 is 0.921 bits per heavy atom. The Kier molecular flexibility index (Phi) is 8.69. The molecule has 0 saturated carbocycles. The average molecular weight is 509 g/mol. The van der Waals surface area contributed by atoms with Gasteiger partial charge in [-0.3, -0.25) is 4.79 Å². The van der Waals surface area contributed by atoms with Gasteiger partial charge in [0.15, 0.2) is 0 Å². The molecule has 5 rings (SSSR count). The fraction of sp³-hybridized carbons (Fsp3) is 0.303. The smallest absolute Gasteiger partial charge is 0.253 e. The maximum absolute atomic E-state index is 12.5. The SMILES string of the molecule is CN(CCCOc1ccc(C2CCNCC2OCc2ccc3ccccc3c2)cc1)C(=O)c1ccccc1. The first kappa shape index (κ1) is 26.0. The normalized spacial score (nSPS) is 17.3. The van der Waals surface area contributed by atoms with E-state index in [0.717, 1.165) is 31.7 Å². The van der Waals surface area contributed by atoms with Crippen molar-refractivity contribution in [2.45, 2.75) is 31.5 Å². The molecule has 1 amide bonds. The van der Waals surface area contributed by atoms with Gasteiger partial charge in [-0.2, -0.15) is 0 Å². The monoisotopic (exact) mass is 508 g/mol. The van der Waals surface area contributed by atoms with Gasteiger partial charge in [0.25, 0.3) is 5.91 Å². The van der Waals surface area contributed by atoms with Crippen LogP contribution in [0, 0.1) is 0 Å². The third-order valence-corrected chi connectivity index (χ3v) is 7.29. The van der Waals surface area contributed by atoms with E-state index in [1.54, 1.807) is 4.90 Å². The molecule has 0 radical (unpaired) electrons. The van der Waals surface area contributed by atoms with E-state index in [1.165, 1.54) is 21.9 Å². The molecule has 1 heterocycles. The summed E-state index contributed by atoms with van der Waals surface area (Å²) in [6, 6.07) is 32.8. The van der Waals surface area contributed by atoms with Crippen LogP contribution in [0.3, 0.4) is 0 Å². The first-order chi connectivity index (χ1) is 18.7. The Balaban J connectivity index is 1.11. The van der Waals surface area contributed by atoms with Gasteiger partial charge in [-0.05, 0) is 71.6 Å². The number of carbonyl (C=O) groups is 1. The first-order valence-corrected chi connectivity index (χ1v) is 13.5. The molecule has 0 aromatic heterocycles. The van der Waals surface area contributed by atoms with Crippen molar-refractivity contribution < 1.29 is 14.3 Å². The Bertz CT molecular complexity index is 1320. The highest BCUT2D eigenvalue weighted by Gasteiger charge is 2.27. The molecule has 0 spiro atoms. The van der Waals surface area contributed by atoms with Crippen LogP contribution in [0.25, 0.3) is 10.8 Å². The lowest BCUT2D eigenvalue weighted by Gasteiger charge is -2.32. The van der Waals surface area contributed by atoms with Gasteiger partial charge in [0, 0.05) is 31.6 Å². The zero-order valence-electron chi connectivity index (χ0n) is 22.0. The van der Waals surface area contributed by atoms with E-state index < -0.39 is 0 Å². The quantitative estimate of drug-likeness (QED) is 0.265. The van der Waals surface area contributed by atoms with Crippen LogP contribution in [0.5, 0.6) is 5.75 Å². The Hall–Kier alpha value is -3.67. The lowest BCUT2D eigenvalue weighted by atomic mass is 9.87. The molecule has 1 fully saturated rings. The van der Waals surface area contributed by atoms with Gasteiger partial charge >= 0.3 is 0 Å². The standard InChI is InChI=1S/C33H36N2O3/c1-35(33(36)28-9-3-2-4-10-28)20-7-21-37-30-16-14-27(15-17-30)31-18-19-34-23-32(31)38-24-25-12-13-26-8-5-6-11-29(26)22-25/h2-6,8-17,22,31-32,34H,7,18-21,23-24H2,1H3. The van der Waals surface area contributed by atoms with Gasteiger partial charge < -0.3 is 19.7 Å². The summed E-state index contributed by atoms with van der Waals surface area (Å²) in [5.41, 5.74) is 3.20. The van der Waals surface area contributed by atoms with Gasteiger partial charge in [-0.15, -0.1) is 0 Å². The minimum absolute atomic E-state index is 0.0364. The number of piperidine rings is 1. The van der Waals surface area contributed by atoms with Crippen molar-refractivity contribution in [3.05, 3.63) is 114 Å². The van der Waals surface area contributed by atoms with Crippen LogP contribution >= 0.6 is 0 Å². The van der Waals surface area contributed by atoms with E-state index in [9.17, 15) is 4.79 Å². The van der Waals surface area contributed by atoms with E-state index in [1.807, 2.05) is 37.4 Å². The number of carbonyl (C=O) groups excluding carboxylic acids is 1. The number of hydrogen-bond donors (Lipinski definition) is 1. The fourth-order valence-corrected chi connectivity index (χ4v) is 5.12. The van der Waals surface area contributed by atoms with Crippen molar-refractivity contribution in [3.63, 3.8) is 0 Å². The van der Waals surface area contributed by atoms with Gasteiger partial charge in [0.2, 0.25) is 0 Å². The van der Waals surface area contributed by atoms with Crippen molar-refractivity contribution in [2.75, 3.05) is 33.3 Å². The van der Waals surface area contributed by atoms with Crippen LogP contribution in [0.2, 0.25) is 0 Å². The number of benzene rings is 4. The number of nitrogens with zero attached hydrogens (tertiary/aromatic N) is 1. The van der Waals surface area contributed by atoms with Crippen molar-refractivity contribution in [3.8, 4) is 5.75 Å². The second kappa shape index (κ2) is 12.7. The number of hydrogen-bond acceptors (Lipinski definition) is 4. The molecule has 5 nitrogen and oxygen atoms in total. The number of rotatable bonds is 10. The molecule has 1 aliphatic rings. The molecule has 1 N–H and O–H groups in total. The van der Waals surface area contributed by atoms with Gasteiger partial charge in [-0.1, -0.05) is 66.7 Å². The zero-order chi connectivity index (χ0) is 26.2. The topological polar surface area (TPSA) is 50.8 Å². The van der Waals surface area contributed by atoms with E-state index >= 15 is 0 Å². The summed E-state index contributed by atoms with van der Waals surface area (Å²) in [5, 5.41) is 6.00. The molecule has 5 heteroatoms. The molecular weight excluding hydrogens is 472 g/mol. The van der Waals surface area contributed by atoms with Crippen molar-refractivity contribution in [1.82, 2.24) is 10.2 Å². The largest absolute Gasteiger partial charge is 0.494 e. The molecule has 1 saturated heterocycles. The predicted molar refractivity (Wildman–Crippen MR) is 153 cm³/mol. The Morgan fingerprint density at radius 3 is 2.50 bits per heavy atom. The highest BCUT2D eigenvalue weighted by molar-refractivity contribution is 5.93. The summed E-state index contributed by atoms with van der Waals surface area (Å²) < 4.78 is 12.4. The third kappa shape index (κ3) is 6.60. The Labute approximate surface area is 225 Å². The third-order valence-electron chi connectivity index (χ3n) is 7.29. The van der Waals surface area contributed by atoms with Crippen LogP contribution in [-0.2, 0) is 11.3 Å². The van der Waals surface area contributed by atoms with Crippen LogP contribution in [0.4, 0.5) is 0 Å². The fourth-order valence-electron chi connectivity index (χ4n) is 5.12. The van der Waals surface area contributed by atoms with Gasteiger partial charge in [0.05, 0.1) is 19.3 Å². The summed E-state index contributed by atoms with van der Waals surface area (Å²) in [6.45, 7) is 3.67. The number of nitrogens with one attached hydrogen (secondary N) is 1. The van der Waals surface area contributed by atoms with E-state index in [-0.39, 0.29) is 12.0 Å². The van der Waals surface area contributed by atoms with Crippen molar-refractivity contribution in [2.24, 2.45) is 0 Å². The summed E-state index contributed by atoms with van der Waals surface area (Å²) in [6.07, 6.45) is 1.94. The van der Waals surface area contributed by atoms with Gasteiger partial charge in [0.1, 0.15) is 5.75 Å². The number of fused-ring (bicyclic) bond motifs is 1. The van der Waals surface area contributed by atoms with E-state index in [4.69, 9.17) is 9.47 Å². The average Bonchev–Trinajstić information content (AvgIpc) is 2.98. The first-order valence-electron chi connectivity index (χ1n) is 13.5. The summed E-state index contributed by atoms with van der Waals surface area (Å²) >= 11 is 0. The van der Waals surface area contributed by atoms with Crippen molar-refractivity contribution >= 4 is 16.7 Å². The van der Waals surface area contributed by atoms with Crippen LogP contribution in [0.1, 0.15) is 40.2 Å². The van der Waals surface area contributed by atoms with E-state index in [2.05, 4.69) is 72.0 Å². The number of amides is 1. The molecule has 196 valence electrons. The molecule has 2 atom stereocenters. The second-order valence-electron chi connectivity index (χ2n) is 9.99. The molecule has 0 bridgehead atoms. The highest BCUT2D eigenvalue weighted by atomic mass is 16.5. The lowest BCUT2D eigenvalue weighted by molar-refractivity contribution is 0.0106. The minimum Gasteiger partial charge on any atom is -0.494 e. The summed E-state index contributed by atoms with van der Waals surface area (Å²) in [4.78, 5) is 14.2. The second-order valence-corrected chi connectivity index (χ2v) is 9.99. The molecule has 38 heavy (non-hydrogen) atoms. The summed E-state index contributed by atoms with van der Waals surface area (Å²) in [5.74, 6) is 1.24. The van der Waals surface area contributed by atoms with Gasteiger partial charge in [-0.25, -0.2) is 0 Å². The maximum atomic E-state index is 12.5. The highest BCUT2D eigenvalue weighted by Crippen LogP contribution is 2.30. The molecule has 2 unspecified atom stereocenters. The molecule has 0 aliphatic carbocycles. The lowest BCUT2D eigenvalue weighted by Crippen LogP contribution is -2.40. The zero-order valence-corrected chi connectivity index (χ0v) is 22.0. The van der Waals surface area contributed by atoms with Crippen molar-refractivity contribution in [1.29, 1.82) is 0 Å². The van der Waals surface area contributed by atoms with E-state index in [0.29, 0.717) is 31.2 Å². The van der Waals surface area contributed by atoms with Crippen LogP contribution in [-0.4, -0.2) is 50.2 Å². The predicted octanol–water partition coefficient (Wildman–Crippen LogP) is 6.04. The minimum atomic E-state index is 0.0364. The van der Waals surface area contributed by atoms with Crippen LogP contribution < -0.4 is 10.1 Å². The molecular formula is C33H36N2O3. The number of ether oxygens (including phenoxy) is 2. The molecule has 4 aromatic carbocycles. The molecule has 4 aromatic rings. The Morgan fingerprint density at radius 2 is 1.68 bits per heavy atom.